The quantitative estimate of drug-likeness (QED) is 0.664. The average Bonchev–Trinajstić information content (AvgIpc) is 2.39. The SMILES string of the molecule is CCN(CC)CC[C@@H]([NH])CSc1ccccc1. The molecule has 0 aliphatic heterocycles. The van der Waals surface area contributed by atoms with E-state index in [0.29, 0.717) is 0 Å². The van der Waals surface area contributed by atoms with Crippen molar-refractivity contribution in [2.45, 2.75) is 31.2 Å². The van der Waals surface area contributed by atoms with E-state index in [1.165, 1.54) is 4.90 Å². The van der Waals surface area contributed by atoms with Gasteiger partial charge in [0, 0.05) is 16.7 Å². The zero-order chi connectivity index (χ0) is 12.5. The van der Waals surface area contributed by atoms with Gasteiger partial charge in [0.25, 0.3) is 0 Å². The fourth-order valence-corrected chi connectivity index (χ4v) is 2.59. The van der Waals surface area contributed by atoms with E-state index in [4.69, 9.17) is 5.73 Å². The molecule has 0 aliphatic carbocycles. The molecule has 1 atom stereocenters. The van der Waals surface area contributed by atoms with E-state index in [-0.39, 0.29) is 6.04 Å². The summed E-state index contributed by atoms with van der Waals surface area (Å²) in [6.45, 7) is 7.60. The van der Waals surface area contributed by atoms with Gasteiger partial charge in [0.05, 0.1) is 0 Å². The highest BCUT2D eigenvalue weighted by atomic mass is 32.2. The van der Waals surface area contributed by atoms with E-state index in [2.05, 4.69) is 43.0 Å². The molecule has 0 aromatic heterocycles. The van der Waals surface area contributed by atoms with Crippen molar-refractivity contribution in [1.82, 2.24) is 10.6 Å². The highest BCUT2D eigenvalue weighted by Gasteiger charge is 2.06. The molecule has 0 unspecified atom stereocenters. The number of hydrogen-bond donors (Lipinski definition) is 0. The maximum Gasteiger partial charge on any atom is 0.0319 e. The molecule has 0 saturated heterocycles. The Labute approximate surface area is 110 Å². The van der Waals surface area contributed by atoms with Crippen molar-refractivity contribution < 1.29 is 0 Å². The number of nitrogens with zero attached hydrogens (tertiary/aromatic N) is 1. The minimum atomic E-state index is 0.0424. The van der Waals surface area contributed by atoms with Crippen LogP contribution in [-0.2, 0) is 0 Å². The molecule has 0 aliphatic rings. The number of thioether (sulfide) groups is 1. The zero-order valence-electron chi connectivity index (χ0n) is 10.9. The number of rotatable bonds is 8. The van der Waals surface area contributed by atoms with Crippen LogP contribution < -0.4 is 5.73 Å². The standard InChI is InChI=1S/C14H23N2S/c1-3-16(4-2)11-10-13(15)12-17-14-8-6-5-7-9-14/h5-9,13,15H,3-4,10-12H2,1-2H3/t13-/m1/s1. The largest absolute Gasteiger partial charge is 0.304 e. The summed E-state index contributed by atoms with van der Waals surface area (Å²) in [5, 5.41) is 0. The van der Waals surface area contributed by atoms with Gasteiger partial charge in [-0.1, -0.05) is 32.0 Å². The first-order chi connectivity index (χ1) is 8.26. The molecule has 1 N–H and O–H groups in total. The lowest BCUT2D eigenvalue weighted by Gasteiger charge is -2.19. The first kappa shape index (κ1) is 14.6. The van der Waals surface area contributed by atoms with Crippen molar-refractivity contribution in [1.29, 1.82) is 0 Å². The molecule has 17 heavy (non-hydrogen) atoms. The average molecular weight is 251 g/mol. The Hall–Kier alpha value is -0.510. The molecule has 1 aromatic carbocycles. The first-order valence-corrected chi connectivity index (χ1v) is 7.36. The summed E-state index contributed by atoms with van der Waals surface area (Å²) in [6.07, 6.45) is 0.974. The molecule has 0 heterocycles. The van der Waals surface area contributed by atoms with Crippen molar-refractivity contribution in [3.8, 4) is 0 Å². The topological polar surface area (TPSA) is 27.0 Å². The first-order valence-electron chi connectivity index (χ1n) is 6.37. The van der Waals surface area contributed by atoms with Gasteiger partial charge in [0.15, 0.2) is 0 Å². The molecule has 0 amide bonds. The van der Waals surface area contributed by atoms with Crippen molar-refractivity contribution in [3.05, 3.63) is 30.3 Å². The molecule has 2 nitrogen and oxygen atoms in total. The van der Waals surface area contributed by atoms with Crippen molar-refractivity contribution in [2.75, 3.05) is 25.4 Å². The smallest absolute Gasteiger partial charge is 0.0319 e. The highest BCUT2D eigenvalue weighted by Crippen LogP contribution is 2.18. The summed E-state index contributed by atoms with van der Waals surface area (Å²) in [5.41, 5.74) is 8.02. The van der Waals surface area contributed by atoms with E-state index in [0.717, 1.165) is 31.8 Å². The molecular weight excluding hydrogens is 228 g/mol. The predicted octanol–water partition coefficient (Wildman–Crippen LogP) is 3.16. The molecular formula is C14H23N2S. The van der Waals surface area contributed by atoms with Crippen LogP contribution >= 0.6 is 11.8 Å². The molecule has 1 radical (unpaired) electrons. The van der Waals surface area contributed by atoms with Gasteiger partial charge in [0.2, 0.25) is 0 Å². The Morgan fingerprint density at radius 3 is 2.41 bits per heavy atom. The fourth-order valence-electron chi connectivity index (χ4n) is 1.68. The van der Waals surface area contributed by atoms with Gasteiger partial charge < -0.3 is 4.90 Å². The van der Waals surface area contributed by atoms with Gasteiger partial charge in [-0.05, 0) is 38.2 Å². The van der Waals surface area contributed by atoms with Crippen LogP contribution in [0, 0.1) is 0 Å². The van der Waals surface area contributed by atoms with E-state index >= 15 is 0 Å². The number of benzene rings is 1. The van der Waals surface area contributed by atoms with Gasteiger partial charge in [-0.2, -0.15) is 0 Å². The Morgan fingerprint density at radius 2 is 1.82 bits per heavy atom. The molecule has 1 rings (SSSR count). The van der Waals surface area contributed by atoms with Crippen LogP contribution in [0.3, 0.4) is 0 Å². The van der Waals surface area contributed by atoms with Crippen LogP contribution in [0.1, 0.15) is 20.3 Å². The normalized spacial score (nSPS) is 12.9. The maximum atomic E-state index is 8.02. The second-order valence-electron chi connectivity index (χ2n) is 4.14. The van der Waals surface area contributed by atoms with Crippen LogP contribution in [0.15, 0.2) is 35.2 Å². The third-order valence-electron chi connectivity index (χ3n) is 2.88. The fraction of sp³-hybridized carbons (Fsp3) is 0.571. The van der Waals surface area contributed by atoms with Gasteiger partial charge >= 0.3 is 0 Å². The lowest BCUT2D eigenvalue weighted by atomic mass is 10.2. The summed E-state index contributed by atoms with van der Waals surface area (Å²) in [4.78, 5) is 3.65. The summed E-state index contributed by atoms with van der Waals surface area (Å²) in [5.74, 6) is 0.894. The maximum absolute atomic E-state index is 8.02. The van der Waals surface area contributed by atoms with E-state index < -0.39 is 0 Å². The molecule has 0 saturated carbocycles. The lowest BCUT2D eigenvalue weighted by Crippen LogP contribution is -2.28. The Balaban J connectivity index is 2.19. The summed E-state index contributed by atoms with van der Waals surface area (Å²) in [7, 11) is 0. The molecule has 0 fully saturated rings. The van der Waals surface area contributed by atoms with E-state index in [1.807, 2.05) is 6.07 Å². The van der Waals surface area contributed by atoms with Crippen LogP contribution in [0.4, 0.5) is 0 Å². The van der Waals surface area contributed by atoms with Gasteiger partial charge in [-0.3, -0.25) is 5.73 Å². The molecule has 3 heteroatoms. The Bertz CT molecular complexity index is 286. The molecule has 0 spiro atoms. The number of nitrogens with one attached hydrogen (secondary N) is 1. The Kier molecular flexibility index (Phi) is 7.33. The van der Waals surface area contributed by atoms with Crippen molar-refractivity contribution in [3.63, 3.8) is 0 Å². The van der Waals surface area contributed by atoms with Crippen molar-refractivity contribution >= 4 is 11.8 Å². The van der Waals surface area contributed by atoms with Crippen LogP contribution in [0.2, 0.25) is 0 Å². The highest BCUT2D eigenvalue weighted by molar-refractivity contribution is 7.99. The predicted molar refractivity (Wildman–Crippen MR) is 76.5 cm³/mol. The second-order valence-corrected chi connectivity index (χ2v) is 5.23. The van der Waals surface area contributed by atoms with Gasteiger partial charge in [0.1, 0.15) is 0 Å². The second kappa shape index (κ2) is 8.56. The number of hydrogen-bond acceptors (Lipinski definition) is 2. The zero-order valence-corrected chi connectivity index (χ0v) is 11.7. The van der Waals surface area contributed by atoms with Crippen LogP contribution in [0.5, 0.6) is 0 Å². The van der Waals surface area contributed by atoms with Crippen LogP contribution in [-0.4, -0.2) is 36.3 Å². The summed E-state index contributed by atoms with van der Waals surface area (Å²) in [6, 6.07) is 10.4. The van der Waals surface area contributed by atoms with Gasteiger partial charge in [-0.15, -0.1) is 11.8 Å². The molecule has 0 bridgehead atoms. The van der Waals surface area contributed by atoms with Gasteiger partial charge in [-0.25, -0.2) is 0 Å². The minimum Gasteiger partial charge on any atom is -0.304 e. The van der Waals surface area contributed by atoms with E-state index in [1.54, 1.807) is 11.8 Å². The third kappa shape index (κ3) is 6.10. The Morgan fingerprint density at radius 1 is 1.18 bits per heavy atom. The molecule has 1 aromatic rings. The van der Waals surface area contributed by atoms with E-state index in [9.17, 15) is 0 Å². The third-order valence-corrected chi connectivity index (χ3v) is 4.06. The minimum absolute atomic E-state index is 0.0424. The monoisotopic (exact) mass is 251 g/mol. The lowest BCUT2D eigenvalue weighted by molar-refractivity contribution is 0.292. The summed E-state index contributed by atoms with van der Waals surface area (Å²) < 4.78 is 0. The molecule has 95 valence electrons. The van der Waals surface area contributed by atoms with Crippen LogP contribution in [0.25, 0.3) is 0 Å². The van der Waals surface area contributed by atoms with Crippen molar-refractivity contribution in [2.24, 2.45) is 0 Å². The summed E-state index contributed by atoms with van der Waals surface area (Å²) >= 11 is 1.79.